The molecule has 0 spiro atoms. The standard InChI is InChI=1S/C23H27F2N3O2/c1-27-10-5-11-28(21(23(27)30)14-16-6-3-2-4-7-16)22(29)15-18(26)12-17-8-9-19(24)20(25)13-17/h2-4,6-9,13,18,21H,5,10-12,14-15,26H2,1H3/t18-,21?/m1/s1. The molecule has 3 rings (SSSR count). The van der Waals surface area contributed by atoms with E-state index in [9.17, 15) is 18.4 Å². The average Bonchev–Trinajstić information content (AvgIpc) is 2.85. The molecule has 5 nitrogen and oxygen atoms in total. The maximum atomic E-state index is 13.4. The van der Waals surface area contributed by atoms with Gasteiger partial charge in [0.15, 0.2) is 11.6 Å². The Morgan fingerprint density at radius 2 is 1.83 bits per heavy atom. The van der Waals surface area contributed by atoms with Gasteiger partial charge in [0.1, 0.15) is 6.04 Å². The van der Waals surface area contributed by atoms with Crippen LogP contribution in [0, 0.1) is 11.6 Å². The van der Waals surface area contributed by atoms with Crippen LogP contribution < -0.4 is 5.73 Å². The number of nitrogens with zero attached hydrogens (tertiary/aromatic N) is 2. The minimum atomic E-state index is -0.935. The molecule has 1 heterocycles. The van der Waals surface area contributed by atoms with Gasteiger partial charge in [-0.25, -0.2) is 8.78 Å². The lowest BCUT2D eigenvalue weighted by atomic mass is 10.0. The molecule has 2 amide bonds. The summed E-state index contributed by atoms with van der Waals surface area (Å²) in [6, 6.07) is 12.1. The second-order valence-corrected chi connectivity index (χ2v) is 7.82. The summed E-state index contributed by atoms with van der Waals surface area (Å²) in [5.74, 6) is -2.14. The van der Waals surface area contributed by atoms with Crippen LogP contribution in [0.25, 0.3) is 0 Å². The highest BCUT2D eigenvalue weighted by molar-refractivity contribution is 5.88. The highest BCUT2D eigenvalue weighted by Crippen LogP contribution is 2.18. The van der Waals surface area contributed by atoms with E-state index >= 15 is 0 Å². The quantitative estimate of drug-likeness (QED) is 0.789. The lowest BCUT2D eigenvalue weighted by molar-refractivity contribution is -0.143. The van der Waals surface area contributed by atoms with Gasteiger partial charge in [-0.1, -0.05) is 36.4 Å². The summed E-state index contributed by atoms with van der Waals surface area (Å²) < 4.78 is 26.5. The Bertz CT molecular complexity index is 891. The highest BCUT2D eigenvalue weighted by atomic mass is 19.2. The fraction of sp³-hybridized carbons (Fsp3) is 0.391. The van der Waals surface area contributed by atoms with Crippen molar-refractivity contribution in [3.8, 4) is 0 Å². The van der Waals surface area contributed by atoms with E-state index in [2.05, 4.69) is 0 Å². The Morgan fingerprint density at radius 1 is 1.10 bits per heavy atom. The van der Waals surface area contributed by atoms with Crippen molar-refractivity contribution in [2.24, 2.45) is 5.73 Å². The third-order valence-electron chi connectivity index (χ3n) is 5.44. The Morgan fingerprint density at radius 3 is 2.53 bits per heavy atom. The zero-order valence-corrected chi connectivity index (χ0v) is 17.1. The van der Waals surface area contributed by atoms with Crippen molar-refractivity contribution in [3.63, 3.8) is 0 Å². The molecule has 0 aliphatic carbocycles. The van der Waals surface area contributed by atoms with E-state index in [1.165, 1.54) is 6.07 Å². The normalized spacial score (nSPS) is 18.3. The van der Waals surface area contributed by atoms with Crippen molar-refractivity contribution in [2.75, 3.05) is 20.1 Å². The molecule has 1 unspecified atom stereocenters. The van der Waals surface area contributed by atoms with Gasteiger partial charge in [-0.15, -0.1) is 0 Å². The summed E-state index contributed by atoms with van der Waals surface area (Å²) in [5, 5.41) is 0. The first-order chi connectivity index (χ1) is 14.3. The van der Waals surface area contributed by atoms with Crippen molar-refractivity contribution in [1.82, 2.24) is 9.80 Å². The fourth-order valence-electron chi connectivity index (χ4n) is 3.85. The van der Waals surface area contributed by atoms with Gasteiger partial charge in [0, 0.05) is 39.0 Å². The van der Waals surface area contributed by atoms with Crippen LogP contribution in [0.2, 0.25) is 0 Å². The van der Waals surface area contributed by atoms with Crippen LogP contribution in [0.3, 0.4) is 0 Å². The van der Waals surface area contributed by atoms with E-state index < -0.39 is 23.7 Å². The van der Waals surface area contributed by atoms with Gasteiger partial charge in [-0.05, 0) is 36.1 Å². The van der Waals surface area contributed by atoms with Gasteiger partial charge in [-0.3, -0.25) is 9.59 Å². The molecule has 7 heteroatoms. The van der Waals surface area contributed by atoms with Crippen molar-refractivity contribution in [3.05, 3.63) is 71.3 Å². The number of rotatable bonds is 6. The molecular weight excluding hydrogens is 388 g/mol. The summed E-state index contributed by atoms with van der Waals surface area (Å²) in [7, 11) is 1.75. The van der Waals surface area contributed by atoms with E-state index in [0.29, 0.717) is 31.5 Å². The third-order valence-corrected chi connectivity index (χ3v) is 5.44. The molecule has 1 aliphatic heterocycles. The minimum absolute atomic E-state index is 0.0290. The molecule has 160 valence electrons. The summed E-state index contributed by atoms with van der Waals surface area (Å²) in [5.41, 5.74) is 7.65. The van der Waals surface area contributed by atoms with E-state index in [0.717, 1.165) is 17.7 Å². The van der Waals surface area contributed by atoms with E-state index in [1.54, 1.807) is 16.8 Å². The molecule has 0 radical (unpaired) electrons. The Balaban J connectivity index is 1.71. The van der Waals surface area contributed by atoms with Gasteiger partial charge < -0.3 is 15.5 Å². The molecule has 0 saturated carbocycles. The molecular formula is C23H27F2N3O2. The summed E-state index contributed by atoms with van der Waals surface area (Å²) in [6.07, 6.45) is 1.40. The first kappa shape index (κ1) is 21.9. The predicted molar refractivity (Wildman–Crippen MR) is 111 cm³/mol. The SMILES string of the molecule is CN1CCCN(C(=O)C[C@H](N)Cc2ccc(F)c(F)c2)C(Cc2ccccc2)C1=O. The van der Waals surface area contributed by atoms with E-state index in [1.807, 2.05) is 30.3 Å². The smallest absolute Gasteiger partial charge is 0.245 e. The number of halogens is 2. The van der Waals surface area contributed by atoms with Crippen molar-refractivity contribution in [1.29, 1.82) is 0 Å². The van der Waals surface area contributed by atoms with E-state index in [-0.39, 0.29) is 24.7 Å². The number of carbonyl (C=O) groups is 2. The second-order valence-electron chi connectivity index (χ2n) is 7.82. The monoisotopic (exact) mass is 415 g/mol. The summed E-state index contributed by atoms with van der Waals surface area (Å²) in [6.45, 7) is 1.07. The van der Waals surface area contributed by atoms with Gasteiger partial charge in [0.2, 0.25) is 11.8 Å². The maximum absolute atomic E-state index is 13.4. The molecule has 2 aromatic carbocycles. The molecule has 2 N–H and O–H groups in total. The Kier molecular flexibility index (Phi) is 7.15. The number of carbonyl (C=O) groups excluding carboxylic acids is 2. The van der Waals surface area contributed by atoms with Crippen molar-refractivity contribution in [2.45, 2.75) is 37.8 Å². The number of hydrogen-bond acceptors (Lipinski definition) is 3. The third kappa shape index (κ3) is 5.42. The lowest BCUT2D eigenvalue weighted by Crippen LogP contribution is -2.50. The molecule has 0 bridgehead atoms. The number of nitrogens with two attached hydrogens (primary N) is 1. The molecule has 1 saturated heterocycles. The Hall–Kier alpha value is -2.80. The zero-order valence-electron chi connectivity index (χ0n) is 17.1. The fourth-order valence-corrected chi connectivity index (χ4v) is 3.85. The van der Waals surface area contributed by atoms with Crippen LogP contribution in [0.15, 0.2) is 48.5 Å². The summed E-state index contributed by atoms with van der Waals surface area (Å²) >= 11 is 0. The van der Waals surface area contributed by atoms with Crippen LogP contribution in [0.5, 0.6) is 0 Å². The average molecular weight is 415 g/mol. The highest BCUT2D eigenvalue weighted by Gasteiger charge is 2.34. The van der Waals surface area contributed by atoms with Crippen LogP contribution in [0.1, 0.15) is 24.0 Å². The zero-order chi connectivity index (χ0) is 21.7. The van der Waals surface area contributed by atoms with Gasteiger partial charge >= 0.3 is 0 Å². The maximum Gasteiger partial charge on any atom is 0.245 e. The number of hydrogen-bond donors (Lipinski definition) is 1. The summed E-state index contributed by atoms with van der Waals surface area (Å²) in [4.78, 5) is 29.3. The van der Waals surface area contributed by atoms with Crippen LogP contribution in [-0.2, 0) is 22.4 Å². The predicted octanol–water partition coefficient (Wildman–Crippen LogP) is 2.53. The minimum Gasteiger partial charge on any atom is -0.344 e. The van der Waals surface area contributed by atoms with Crippen LogP contribution >= 0.6 is 0 Å². The number of likely N-dealkylation sites (N-methyl/N-ethyl adjacent to an activating group) is 1. The number of amides is 2. The van der Waals surface area contributed by atoms with E-state index in [4.69, 9.17) is 5.73 Å². The first-order valence-corrected chi connectivity index (χ1v) is 10.1. The first-order valence-electron chi connectivity index (χ1n) is 10.1. The molecule has 2 atom stereocenters. The van der Waals surface area contributed by atoms with Crippen LogP contribution in [0.4, 0.5) is 8.78 Å². The Labute approximate surface area is 175 Å². The van der Waals surface area contributed by atoms with Crippen molar-refractivity contribution < 1.29 is 18.4 Å². The molecule has 30 heavy (non-hydrogen) atoms. The van der Waals surface area contributed by atoms with Gasteiger partial charge in [0.25, 0.3) is 0 Å². The molecule has 0 aromatic heterocycles. The van der Waals surface area contributed by atoms with Crippen molar-refractivity contribution >= 4 is 11.8 Å². The molecule has 1 aliphatic rings. The molecule has 2 aromatic rings. The second kappa shape index (κ2) is 9.80. The van der Waals surface area contributed by atoms with Gasteiger partial charge in [0.05, 0.1) is 0 Å². The van der Waals surface area contributed by atoms with Gasteiger partial charge in [-0.2, -0.15) is 0 Å². The molecule has 1 fully saturated rings. The lowest BCUT2D eigenvalue weighted by Gasteiger charge is -2.31. The topological polar surface area (TPSA) is 66.6 Å². The van der Waals surface area contributed by atoms with Crippen LogP contribution in [-0.4, -0.2) is 53.8 Å². The number of benzene rings is 2. The largest absolute Gasteiger partial charge is 0.344 e.